The monoisotopic (exact) mass is 264 g/mol. The molecule has 0 aromatic carbocycles. The minimum atomic E-state index is 0.0214. The molecule has 98 valence electrons. The first-order valence-electron chi connectivity index (χ1n) is 6.78. The predicted octanol–water partition coefficient (Wildman–Crippen LogP) is 2.85. The molecule has 2 rings (SSSR count). The van der Waals surface area contributed by atoms with E-state index in [0.29, 0.717) is 17.6 Å². The highest BCUT2D eigenvalue weighted by molar-refractivity contribution is 7.80. The molecular formula is C14H20N2OS. The molecule has 1 aliphatic carbocycles. The number of thiocarbonyl (C=S) groups is 1. The van der Waals surface area contributed by atoms with E-state index < -0.39 is 0 Å². The summed E-state index contributed by atoms with van der Waals surface area (Å²) in [5, 5.41) is 8.93. The van der Waals surface area contributed by atoms with Crippen molar-refractivity contribution in [3.63, 3.8) is 0 Å². The van der Waals surface area contributed by atoms with Gasteiger partial charge < -0.3 is 10.5 Å². The van der Waals surface area contributed by atoms with E-state index in [9.17, 15) is 0 Å². The molecule has 0 aromatic heterocycles. The molecule has 1 saturated carbocycles. The lowest BCUT2D eigenvalue weighted by atomic mass is 9.84. The zero-order chi connectivity index (χ0) is 13.0. The van der Waals surface area contributed by atoms with Gasteiger partial charge in [0.15, 0.2) is 0 Å². The summed E-state index contributed by atoms with van der Waals surface area (Å²) in [6.07, 6.45) is 10.9. The lowest BCUT2D eigenvalue weighted by Crippen LogP contribution is -2.23. The van der Waals surface area contributed by atoms with E-state index >= 15 is 0 Å². The molecule has 1 saturated heterocycles. The zero-order valence-electron chi connectivity index (χ0n) is 10.6. The summed E-state index contributed by atoms with van der Waals surface area (Å²) in [5.41, 5.74) is 5.88. The Morgan fingerprint density at radius 1 is 1.22 bits per heavy atom. The van der Waals surface area contributed by atoms with E-state index in [4.69, 9.17) is 28.0 Å². The van der Waals surface area contributed by atoms with Gasteiger partial charge >= 0.3 is 0 Å². The van der Waals surface area contributed by atoms with Crippen LogP contribution < -0.4 is 5.73 Å². The third-order valence-corrected chi connectivity index (χ3v) is 4.22. The Kier molecular flexibility index (Phi) is 4.73. The standard InChI is InChI=1S/C14H20N2OS/c15-9-11(14(16)18)8-12-6-7-13(17-12)10-4-2-1-3-5-10/h8,10,12-13H,1-7H2,(H2,16,18)/b11-8+. The molecule has 0 radical (unpaired) electrons. The number of rotatable bonds is 3. The van der Waals surface area contributed by atoms with Gasteiger partial charge in [-0.25, -0.2) is 0 Å². The summed E-state index contributed by atoms with van der Waals surface area (Å²) >= 11 is 4.84. The summed E-state index contributed by atoms with van der Waals surface area (Å²) in [7, 11) is 0. The van der Waals surface area contributed by atoms with Crippen molar-refractivity contribution in [3.05, 3.63) is 11.6 Å². The highest BCUT2D eigenvalue weighted by Crippen LogP contribution is 2.35. The quantitative estimate of drug-likeness (QED) is 0.484. The van der Waals surface area contributed by atoms with Crippen LogP contribution in [0.3, 0.4) is 0 Å². The average Bonchev–Trinajstić information content (AvgIpc) is 2.85. The maximum Gasteiger partial charge on any atom is 0.114 e. The number of nitriles is 1. The molecule has 18 heavy (non-hydrogen) atoms. The molecule has 2 fully saturated rings. The van der Waals surface area contributed by atoms with Gasteiger partial charge in [-0.3, -0.25) is 0 Å². The van der Waals surface area contributed by atoms with Crippen molar-refractivity contribution in [1.82, 2.24) is 0 Å². The first-order valence-corrected chi connectivity index (χ1v) is 7.18. The van der Waals surface area contributed by atoms with Crippen molar-refractivity contribution < 1.29 is 4.74 Å². The number of hydrogen-bond acceptors (Lipinski definition) is 3. The van der Waals surface area contributed by atoms with Crippen molar-refractivity contribution in [2.45, 2.75) is 57.2 Å². The molecule has 1 aliphatic heterocycles. The van der Waals surface area contributed by atoms with Crippen LogP contribution >= 0.6 is 12.2 Å². The Morgan fingerprint density at radius 2 is 1.94 bits per heavy atom. The van der Waals surface area contributed by atoms with Crippen LogP contribution in [-0.2, 0) is 4.74 Å². The SMILES string of the molecule is N#C/C(=C\C1CCC(C2CCCCC2)O1)C(N)=S. The third-order valence-electron chi connectivity index (χ3n) is 4.00. The molecule has 4 heteroatoms. The van der Waals surface area contributed by atoms with Gasteiger partial charge in [-0.05, 0) is 37.7 Å². The molecule has 2 aliphatic rings. The summed E-state index contributed by atoms with van der Waals surface area (Å²) in [6.45, 7) is 0. The van der Waals surface area contributed by atoms with Gasteiger partial charge in [-0.15, -0.1) is 0 Å². The predicted molar refractivity (Wildman–Crippen MR) is 75.0 cm³/mol. The van der Waals surface area contributed by atoms with E-state index in [-0.39, 0.29) is 11.1 Å². The molecule has 0 amide bonds. The van der Waals surface area contributed by atoms with Crippen LogP contribution in [0.4, 0.5) is 0 Å². The molecule has 0 spiro atoms. The number of ether oxygens (including phenoxy) is 1. The molecule has 2 atom stereocenters. The minimum Gasteiger partial charge on any atom is -0.389 e. The lowest BCUT2D eigenvalue weighted by molar-refractivity contribution is 0.0194. The number of nitrogens with zero attached hydrogens (tertiary/aromatic N) is 1. The molecule has 2 N–H and O–H groups in total. The van der Waals surface area contributed by atoms with Crippen LogP contribution in [0.25, 0.3) is 0 Å². The third kappa shape index (κ3) is 3.30. The van der Waals surface area contributed by atoms with E-state index in [0.717, 1.165) is 12.8 Å². The minimum absolute atomic E-state index is 0.0214. The van der Waals surface area contributed by atoms with Crippen molar-refractivity contribution >= 4 is 17.2 Å². The van der Waals surface area contributed by atoms with Gasteiger partial charge in [-0.1, -0.05) is 31.5 Å². The second kappa shape index (κ2) is 6.31. The Morgan fingerprint density at radius 3 is 2.56 bits per heavy atom. The van der Waals surface area contributed by atoms with Crippen molar-refractivity contribution in [2.24, 2.45) is 11.7 Å². The van der Waals surface area contributed by atoms with Gasteiger partial charge in [0.05, 0.1) is 17.8 Å². The molecule has 1 heterocycles. The van der Waals surface area contributed by atoms with E-state index in [1.54, 1.807) is 6.08 Å². The molecule has 0 aromatic rings. The van der Waals surface area contributed by atoms with Gasteiger partial charge in [-0.2, -0.15) is 5.26 Å². The average molecular weight is 264 g/mol. The van der Waals surface area contributed by atoms with Crippen molar-refractivity contribution in [3.8, 4) is 6.07 Å². The van der Waals surface area contributed by atoms with Gasteiger partial charge in [0, 0.05) is 0 Å². The Bertz CT molecular complexity index is 380. The Labute approximate surface area is 114 Å². The van der Waals surface area contributed by atoms with Crippen LogP contribution in [-0.4, -0.2) is 17.2 Å². The van der Waals surface area contributed by atoms with E-state index in [2.05, 4.69) is 0 Å². The largest absolute Gasteiger partial charge is 0.389 e. The summed E-state index contributed by atoms with van der Waals surface area (Å²) in [6, 6.07) is 2.04. The normalized spacial score (nSPS) is 30.1. The van der Waals surface area contributed by atoms with Gasteiger partial charge in [0.2, 0.25) is 0 Å². The zero-order valence-corrected chi connectivity index (χ0v) is 11.4. The second-order valence-corrected chi connectivity index (χ2v) is 5.68. The molecule has 0 bridgehead atoms. The summed E-state index contributed by atoms with van der Waals surface area (Å²) < 4.78 is 6.04. The molecule has 3 nitrogen and oxygen atoms in total. The Balaban J connectivity index is 1.92. The highest BCUT2D eigenvalue weighted by Gasteiger charge is 2.31. The van der Waals surface area contributed by atoms with Gasteiger partial charge in [0.1, 0.15) is 11.1 Å². The fraction of sp³-hybridized carbons (Fsp3) is 0.714. The maximum atomic E-state index is 8.93. The summed E-state index contributed by atoms with van der Waals surface area (Å²) in [5.74, 6) is 0.715. The number of nitrogens with two attached hydrogens (primary N) is 1. The fourth-order valence-electron chi connectivity index (χ4n) is 3.02. The van der Waals surface area contributed by atoms with Crippen molar-refractivity contribution in [2.75, 3.05) is 0 Å². The molecular weight excluding hydrogens is 244 g/mol. The smallest absolute Gasteiger partial charge is 0.114 e. The number of hydrogen-bond donors (Lipinski definition) is 1. The van der Waals surface area contributed by atoms with Crippen LogP contribution in [0, 0.1) is 17.2 Å². The first-order chi connectivity index (χ1) is 8.70. The molecule has 2 unspecified atom stereocenters. The van der Waals surface area contributed by atoms with Gasteiger partial charge in [0.25, 0.3) is 0 Å². The van der Waals surface area contributed by atoms with Crippen molar-refractivity contribution in [1.29, 1.82) is 5.26 Å². The second-order valence-electron chi connectivity index (χ2n) is 5.24. The topological polar surface area (TPSA) is 59.0 Å². The van der Waals surface area contributed by atoms with Crippen LogP contribution in [0.5, 0.6) is 0 Å². The lowest BCUT2D eigenvalue weighted by Gasteiger charge is -2.27. The van der Waals surface area contributed by atoms with Crippen LogP contribution in [0.15, 0.2) is 11.6 Å². The van der Waals surface area contributed by atoms with Crippen LogP contribution in [0.1, 0.15) is 44.9 Å². The van der Waals surface area contributed by atoms with E-state index in [1.165, 1.54) is 32.1 Å². The van der Waals surface area contributed by atoms with Crippen LogP contribution in [0.2, 0.25) is 0 Å². The highest BCUT2D eigenvalue weighted by atomic mass is 32.1. The maximum absolute atomic E-state index is 8.93. The van der Waals surface area contributed by atoms with E-state index in [1.807, 2.05) is 6.07 Å². The summed E-state index contributed by atoms with van der Waals surface area (Å²) in [4.78, 5) is 0.169. The Hall–Kier alpha value is -0.920. The first kappa shape index (κ1) is 13.5. The fourth-order valence-corrected chi connectivity index (χ4v) is 3.14.